The zero-order valence-electron chi connectivity index (χ0n) is 20.8. The van der Waals surface area contributed by atoms with Crippen LogP contribution in [0.3, 0.4) is 0 Å². The van der Waals surface area contributed by atoms with Crippen LogP contribution in [-0.2, 0) is 0 Å². The van der Waals surface area contributed by atoms with Crippen molar-refractivity contribution in [3.63, 3.8) is 0 Å². The summed E-state index contributed by atoms with van der Waals surface area (Å²) in [6.45, 7) is 9.75. The Bertz CT molecular complexity index is 779. The molecule has 0 aromatic heterocycles. The lowest BCUT2D eigenvalue weighted by Gasteiger charge is -2.53. The Labute approximate surface area is 195 Å². The van der Waals surface area contributed by atoms with Gasteiger partial charge in [-0.15, -0.1) is 0 Å². The van der Waals surface area contributed by atoms with Crippen molar-refractivity contribution in [1.82, 2.24) is 0 Å². The molecular weight excluding hydrogens is 396 g/mol. The minimum Gasteiger partial charge on any atom is -0.396 e. The van der Waals surface area contributed by atoms with E-state index in [1.54, 1.807) is 11.1 Å². The molecule has 0 spiro atoms. The lowest BCUT2D eigenvalue weighted by atomic mass is 9.51. The van der Waals surface area contributed by atoms with Gasteiger partial charge >= 0.3 is 0 Å². The first-order valence-electron chi connectivity index (χ1n) is 13.2. The Kier molecular flexibility index (Phi) is 7.11. The zero-order chi connectivity index (χ0) is 23.1. The average molecular weight is 443 g/mol. The highest BCUT2D eigenvalue weighted by molar-refractivity contribution is 5.46. The quantitative estimate of drug-likeness (QED) is 0.436. The SMILES string of the molecule is CC(CO)C(=CCO)CCC(C)C1CCC2C3=CCC4CC(O)CCC4(C)C3=CCC21C. The number of aliphatic hydroxyl groups excluding tert-OH is 3. The van der Waals surface area contributed by atoms with Gasteiger partial charge in [-0.25, -0.2) is 0 Å². The first-order valence-corrected chi connectivity index (χ1v) is 13.2. The summed E-state index contributed by atoms with van der Waals surface area (Å²) in [5.41, 5.74) is 5.12. The van der Waals surface area contributed by atoms with Gasteiger partial charge in [-0.2, -0.15) is 0 Å². The zero-order valence-corrected chi connectivity index (χ0v) is 20.8. The molecule has 3 N–H and O–H groups in total. The van der Waals surface area contributed by atoms with Gasteiger partial charge in [-0.3, -0.25) is 0 Å². The van der Waals surface area contributed by atoms with Gasteiger partial charge in [0.1, 0.15) is 0 Å². The van der Waals surface area contributed by atoms with Crippen molar-refractivity contribution in [3.05, 3.63) is 34.9 Å². The number of aliphatic hydroxyl groups is 3. The molecule has 0 amide bonds. The molecule has 0 radical (unpaired) electrons. The van der Waals surface area contributed by atoms with E-state index >= 15 is 0 Å². The van der Waals surface area contributed by atoms with E-state index in [-0.39, 0.29) is 30.7 Å². The molecule has 3 heteroatoms. The number of hydrogen-bond donors (Lipinski definition) is 3. The van der Waals surface area contributed by atoms with Crippen molar-refractivity contribution >= 4 is 0 Å². The molecule has 4 rings (SSSR count). The second-order valence-corrected chi connectivity index (χ2v) is 12.1. The summed E-state index contributed by atoms with van der Waals surface area (Å²) in [6, 6.07) is 0. The second kappa shape index (κ2) is 9.39. The molecule has 0 aromatic rings. The summed E-state index contributed by atoms with van der Waals surface area (Å²) >= 11 is 0. The molecule has 8 unspecified atom stereocenters. The van der Waals surface area contributed by atoms with Crippen LogP contribution < -0.4 is 0 Å². The maximum Gasteiger partial charge on any atom is 0.0615 e. The fraction of sp³-hybridized carbons (Fsp3) is 0.793. The van der Waals surface area contributed by atoms with Crippen molar-refractivity contribution in [2.45, 2.75) is 91.6 Å². The van der Waals surface area contributed by atoms with E-state index in [4.69, 9.17) is 0 Å². The van der Waals surface area contributed by atoms with Crippen LogP contribution in [-0.4, -0.2) is 34.6 Å². The van der Waals surface area contributed by atoms with Crippen LogP contribution in [0.1, 0.15) is 85.5 Å². The van der Waals surface area contributed by atoms with E-state index in [2.05, 4.69) is 39.8 Å². The van der Waals surface area contributed by atoms with Crippen LogP contribution in [0, 0.1) is 40.4 Å². The van der Waals surface area contributed by atoms with Crippen LogP contribution >= 0.6 is 0 Å². The first kappa shape index (κ1) is 24.2. The van der Waals surface area contributed by atoms with Crippen molar-refractivity contribution < 1.29 is 15.3 Å². The van der Waals surface area contributed by atoms with Gasteiger partial charge in [0.15, 0.2) is 0 Å². The highest BCUT2D eigenvalue weighted by Gasteiger charge is 2.55. The third-order valence-electron chi connectivity index (χ3n) is 10.4. The van der Waals surface area contributed by atoms with Crippen molar-refractivity contribution in [1.29, 1.82) is 0 Å². The first-order chi connectivity index (χ1) is 15.2. The molecule has 2 saturated carbocycles. The summed E-state index contributed by atoms with van der Waals surface area (Å²) in [7, 11) is 0. The highest BCUT2D eigenvalue weighted by atomic mass is 16.3. The molecule has 0 bridgehead atoms. The Morgan fingerprint density at radius 3 is 2.66 bits per heavy atom. The number of fused-ring (bicyclic) bond motifs is 5. The molecule has 3 nitrogen and oxygen atoms in total. The predicted octanol–water partition coefficient (Wildman–Crippen LogP) is 5.81. The summed E-state index contributed by atoms with van der Waals surface area (Å²) in [5.74, 6) is 2.79. The predicted molar refractivity (Wildman–Crippen MR) is 131 cm³/mol. The molecule has 32 heavy (non-hydrogen) atoms. The van der Waals surface area contributed by atoms with E-state index < -0.39 is 0 Å². The monoisotopic (exact) mass is 442 g/mol. The van der Waals surface area contributed by atoms with Gasteiger partial charge in [0.25, 0.3) is 0 Å². The fourth-order valence-corrected chi connectivity index (χ4v) is 8.18. The van der Waals surface area contributed by atoms with Crippen molar-refractivity contribution in [3.8, 4) is 0 Å². The van der Waals surface area contributed by atoms with Gasteiger partial charge in [0.2, 0.25) is 0 Å². The van der Waals surface area contributed by atoms with Crippen LogP contribution in [0.5, 0.6) is 0 Å². The summed E-state index contributed by atoms with van der Waals surface area (Å²) in [4.78, 5) is 0. The van der Waals surface area contributed by atoms with E-state index in [0.717, 1.165) is 44.4 Å². The Morgan fingerprint density at radius 2 is 1.94 bits per heavy atom. The van der Waals surface area contributed by atoms with Crippen LogP contribution in [0.25, 0.3) is 0 Å². The molecule has 0 heterocycles. The van der Waals surface area contributed by atoms with Crippen molar-refractivity contribution in [2.24, 2.45) is 40.4 Å². The summed E-state index contributed by atoms with van der Waals surface area (Å²) in [5, 5.41) is 29.2. The van der Waals surface area contributed by atoms with Gasteiger partial charge in [0, 0.05) is 12.5 Å². The molecule has 4 aliphatic rings. The maximum atomic E-state index is 10.2. The maximum absolute atomic E-state index is 10.2. The summed E-state index contributed by atoms with van der Waals surface area (Å²) < 4.78 is 0. The lowest BCUT2D eigenvalue weighted by Crippen LogP contribution is -2.44. The Morgan fingerprint density at radius 1 is 1.16 bits per heavy atom. The second-order valence-electron chi connectivity index (χ2n) is 12.1. The fourth-order valence-electron chi connectivity index (χ4n) is 8.18. The highest BCUT2D eigenvalue weighted by Crippen LogP contribution is 2.65. The largest absolute Gasteiger partial charge is 0.396 e. The number of hydrogen-bond acceptors (Lipinski definition) is 3. The van der Waals surface area contributed by atoms with Gasteiger partial charge in [-0.1, -0.05) is 51.5 Å². The number of allylic oxidation sites excluding steroid dienone is 4. The van der Waals surface area contributed by atoms with E-state index in [1.165, 1.54) is 24.8 Å². The standard InChI is InChI=1S/C29H46O3/c1-19(5-6-21(13-16-30)20(2)18-31)25-9-10-26-24-8-7-22-17-23(32)11-14-28(22,3)27(24)12-15-29(25,26)4/h8,12-13,19-20,22-23,25-26,30-32H,5-7,9-11,14-18H2,1-4H3. The van der Waals surface area contributed by atoms with Crippen molar-refractivity contribution in [2.75, 3.05) is 13.2 Å². The minimum absolute atomic E-state index is 0.0653. The molecule has 2 fully saturated rings. The molecule has 4 aliphatic carbocycles. The van der Waals surface area contributed by atoms with Gasteiger partial charge in [0.05, 0.1) is 12.7 Å². The molecule has 0 aromatic carbocycles. The van der Waals surface area contributed by atoms with Crippen LogP contribution in [0.15, 0.2) is 34.9 Å². The Balaban J connectivity index is 1.50. The van der Waals surface area contributed by atoms with Gasteiger partial charge in [-0.05, 0) is 103 Å². The molecule has 0 aliphatic heterocycles. The van der Waals surface area contributed by atoms with Crippen LogP contribution in [0.4, 0.5) is 0 Å². The summed E-state index contributed by atoms with van der Waals surface area (Å²) in [6.07, 6.45) is 17.1. The number of rotatable bonds is 7. The molecule has 0 saturated heterocycles. The molecule has 180 valence electrons. The average Bonchev–Trinajstić information content (AvgIpc) is 3.13. The Hall–Kier alpha value is -0.900. The van der Waals surface area contributed by atoms with E-state index in [0.29, 0.717) is 23.2 Å². The normalized spacial score (nSPS) is 41.2. The third kappa shape index (κ3) is 4.07. The van der Waals surface area contributed by atoms with E-state index in [1.807, 2.05) is 6.08 Å². The van der Waals surface area contributed by atoms with Gasteiger partial charge < -0.3 is 15.3 Å². The molecular formula is C29H46O3. The van der Waals surface area contributed by atoms with Crippen LogP contribution in [0.2, 0.25) is 0 Å². The van der Waals surface area contributed by atoms with E-state index in [9.17, 15) is 15.3 Å². The minimum atomic E-state index is -0.104. The topological polar surface area (TPSA) is 60.7 Å². The third-order valence-corrected chi connectivity index (χ3v) is 10.4. The molecule has 8 atom stereocenters. The lowest BCUT2D eigenvalue weighted by molar-refractivity contribution is 0.0310. The smallest absolute Gasteiger partial charge is 0.0615 e.